The Hall–Kier alpha value is -1.58. The average Bonchev–Trinajstić information content (AvgIpc) is 2.25. The molecule has 0 radical (unpaired) electrons. The number of carbonyl (C=O) groups is 1. The zero-order chi connectivity index (χ0) is 16.4. The molecule has 0 spiro atoms. The number of nitrogens with one attached hydrogen (secondary N) is 1. The summed E-state index contributed by atoms with van der Waals surface area (Å²) >= 11 is 0. The monoisotopic (exact) mass is 323 g/mol. The van der Waals surface area contributed by atoms with Crippen LogP contribution in [-0.2, 0) is 14.8 Å². The molecule has 0 atom stereocenters. The van der Waals surface area contributed by atoms with Crippen molar-refractivity contribution >= 4 is 16.0 Å². The summed E-state index contributed by atoms with van der Waals surface area (Å²) < 4.78 is 58.4. The maximum Gasteiger partial charge on any atom is 0.341 e. The zero-order valence-electron chi connectivity index (χ0n) is 11.6. The van der Waals surface area contributed by atoms with Gasteiger partial charge in [0.15, 0.2) is 5.82 Å². The van der Waals surface area contributed by atoms with E-state index in [0.29, 0.717) is 12.1 Å². The van der Waals surface area contributed by atoms with Crippen molar-refractivity contribution in [1.82, 2.24) is 4.72 Å². The number of rotatable bonds is 6. The minimum atomic E-state index is -4.38. The molecular weight excluding hydrogens is 308 g/mol. The molecule has 1 aromatic carbocycles. The Morgan fingerprint density at radius 2 is 1.95 bits per heavy atom. The smallest absolute Gasteiger partial charge is 0.341 e. The van der Waals surface area contributed by atoms with Crippen LogP contribution in [0, 0.1) is 11.6 Å². The Balaban J connectivity index is 3.34. The molecule has 0 amide bonds. The molecule has 118 valence electrons. The van der Waals surface area contributed by atoms with Gasteiger partial charge in [-0.25, -0.2) is 26.7 Å². The fourth-order valence-corrected chi connectivity index (χ4v) is 3.23. The van der Waals surface area contributed by atoms with Crippen molar-refractivity contribution in [3.8, 4) is 0 Å². The summed E-state index contributed by atoms with van der Waals surface area (Å²) in [5, 5.41) is 8.74. The molecule has 0 heterocycles. The van der Waals surface area contributed by atoms with Crippen LogP contribution in [0.15, 0.2) is 17.0 Å². The molecule has 0 saturated carbocycles. The van der Waals surface area contributed by atoms with Crippen LogP contribution < -0.4 is 4.72 Å². The van der Waals surface area contributed by atoms with Crippen molar-refractivity contribution in [2.24, 2.45) is 0 Å². The molecule has 0 aromatic heterocycles. The second kappa shape index (κ2) is 6.04. The Labute approximate surface area is 120 Å². The lowest BCUT2D eigenvalue weighted by atomic mass is 10.1. The summed E-state index contributed by atoms with van der Waals surface area (Å²) in [6.07, 6.45) is 0. The molecule has 2 N–H and O–H groups in total. The summed E-state index contributed by atoms with van der Waals surface area (Å²) in [6, 6.07) is 1.26. The molecular formula is C12H15F2NO5S. The van der Waals surface area contributed by atoms with E-state index in [0.717, 1.165) is 0 Å². The highest BCUT2D eigenvalue weighted by molar-refractivity contribution is 7.89. The van der Waals surface area contributed by atoms with E-state index >= 15 is 0 Å². The van der Waals surface area contributed by atoms with Crippen LogP contribution in [0.4, 0.5) is 8.78 Å². The van der Waals surface area contributed by atoms with Crippen molar-refractivity contribution in [2.75, 3.05) is 13.7 Å². The highest BCUT2D eigenvalue weighted by Crippen LogP contribution is 2.22. The van der Waals surface area contributed by atoms with Crippen molar-refractivity contribution in [3.05, 3.63) is 29.3 Å². The number of carboxylic acid groups (broad SMARTS) is 1. The Kier molecular flexibility index (Phi) is 5.03. The maximum absolute atomic E-state index is 14.0. The first-order valence-electron chi connectivity index (χ1n) is 5.76. The number of ether oxygens (including phenoxy) is 1. The van der Waals surface area contributed by atoms with Gasteiger partial charge >= 0.3 is 5.97 Å². The normalized spacial score (nSPS) is 12.4. The van der Waals surface area contributed by atoms with Gasteiger partial charge in [-0.15, -0.1) is 0 Å². The van der Waals surface area contributed by atoms with E-state index in [1.54, 1.807) is 0 Å². The molecule has 9 heteroatoms. The standard InChI is InChI=1S/C12H15F2NO5S/c1-12(2,6-20-3)15-21(18,19)8-5-4-7(13)9(10(8)14)11(16)17/h4-5,15H,6H2,1-3H3,(H,16,17). The van der Waals surface area contributed by atoms with E-state index in [2.05, 4.69) is 4.72 Å². The van der Waals surface area contributed by atoms with Gasteiger partial charge < -0.3 is 9.84 Å². The number of hydrogen-bond acceptors (Lipinski definition) is 4. The van der Waals surface area contributed by atoms with E-state index in [1.807, 2.05) is 0 Å². The van der Waals surface area contributed by atoms with Crippen LogP contribution in [0.5, 0.6) is 0 Å². The van der Waals surface area contributed by atoms with E-state index in [1.165, 1.54) is 21.0 Å². The van der Waals surface area contributed by atoms with Crippen LogP contribution >= 0.6 is 0 Å². The molecule has 6 nitrogen and oxygen atoms in total. The molecule has 0 aliphatic heterocycles. The van der Waals surface area contributed by atoms with Gasteiger partial charge in [-0.3, -0.25) is 0 Å². The van der Waals surface area contributed by atoms with Crippen LogP contribution in [0.1, 0.15) is 24.2 Å². The van der Waals surface area contributed by atoms with E-state index in [4.69, 9.17) is 9.84 Å². The predicted molar refractivity (Wildman–Crippen MR) is 69.6 cm³/mol. The first-order valence-corrected chi connectivity index (χ1v) is 7.24. The van der Waals surface area contributed by atoms with Crippen molar-refractivity contribution in [3.63, 3.8) is 0 Å². The maximum atomic E-state index is 14.0. The van der Waals surface area contributed by atoms with Crippen LogP contribution in [-0.4, -0.2) is 38.7 Å². The van der Waals surface area contributed by atoms with E-state index in [9.17, 15) is 22.0 Å². The second-order valence-electron chi connectivity index (χ2n) is 4.96. The Bertz CT molecular complexity index is 658. The third-order valence-corrected chi connectivity index (χ3v) is 4.19. The molecule has 0 unspecified atom stereocenters. The van der Waals surface area contributed by atoms with Gasteiger partial charge in [0.1, 0.15) is 16.3 Å². The summed E-state index contributed by atoms with van der Waals surface area (Å²) in [7, 11) is -3.02. The SMILES string of the molecule is COCC(C)(C)NS(=O)(=O)c1ccc(F)c(C(=O)O)c1F. The molecule has 1 aromatic rings. The van der Waals surface area contributed by atoms with Gasteiger partial charge in [0.2, 0.25) is 10.0 Å². The van der Waals surface area contributed by atoms with Gasteiger partial charge in [-0.05, 0) is 26.0 Å². The molecule has 0 aliphatic rings. The lowest BCUT2D eigenvalue weighted by molar-refractivity contribution is 0.0685. The number of carboxylic acids is 1. The second-order valence-corrected chi connectivity index (χ2v) is 6.61. The minimum Gasteiger partial charge on any atom is -0.477 e. The van der Waals surface area contributed by atoms with Gasteiger partial charge in [0.25, 0.3) is 0 Å². The van der Waals surface area contributed by atoms with Crippen molar-refractivity contribution in [1.29, 1.82) is 0 Å². The lowest BCUT2D eigenvalue weighted by Crippen LogP contribution is -2.46. The Morgan fingerprint density at radius 3 is 2.43 bits per heavy atom. The zero-order valence-corrected chi connectivity index (χ0v) is 12.4. The molecule has 1 rings (SSSR count). The predicted octanol–water partition coefficient (Wildman–Crippen LogP) is 1.37. The lowest BCUT2D eigenvalue weighted by Gasteiger charge is -2.25. The number of benzene rings is 1. The summed E-state index contributed by atoms with van der Waals surface area (Å²) in [6.45, 7) is 2.99. The fraction of sp³-hybridized carbons (Fsp3) is 0.417. The van der Waals surface area contributed by atoms with Crippen LogP contribution in [0.25, 0.3) is 0 Å². The number of sulfonamides is 1. The quantitative estimate of drug-likeness (QED) is 0.825. The van der Waals surface area contributed by atoms with E-state index < -0.39 is 43.6 Å². The fourth-order valence-electron chi connectivity index (χ4n) is 1.75. The first-order chi connectivity index (χ1) is 9.52. The average molecular weight is 323 g/mol. The minimum absolute atomic E-state index is 0.000825. The largest absolute Gasteiger partial charge is 0.477 e. The summed E-state index contributed by atoms with van der Waals surface area (Å²) in [5.41, 5.74) is -2.37. The molecule has 0 saturated heterocycles. The molecule has 0 fully saturated rings. The highest BCUT2D eigenvalue weighted by atomic mass is 32.2. The number of aromatic carboxylic acids is 1. The summed E-state index contributed by atoms with van der Waals surface area (Å²) in [4.78, 5) is 9.85. The van der Waals surface area contributed by atoms with Gasteiger partial charge in [-0.2, -0.15) is 0 Å². The molecule has 0 aliphatic carbocycles. The number of hydrogen-bond donors (Lipinski definition) is 2. The van der Waals surface area contributed by atoms with Gasteiger partial charge in [0.05, 0.1) is 12.1 Å². The molecule has 0 bridgehead atoms. The van der Waals surface area contributed by atoms with Gasteiger partial charge in [0, 0.05) is 7.11 Å². The van der Waals surface area contributed by atoms with Crippen LogP contribution in [0.3, 0.4) is 0 Å². The van der Waals surface area contributed by atoms with E-state index in [-0.39, 0.29) is 6.61 Å². The number of methoxy groups -OCH3 is 1. The van der Waals surface area contributed by atoms with Crippen LogP contribution in [0.2, 0.25) is 0 Å². The highest BCUT2D eigenvalue weighted by Gasteiger charge is 2.31. The first kappa shape index (κ1) is 17.5. The molecule has 21 heavy (non-hydrogen) atoms. The van der Waals surface area contributed by atoms with Crippen molar-refractivity contribution < 1.29 is 31.8 Å². The topological polar surface area (TPSA) is 92.7 Å². The third kappa shape index (κ3) is 3.96. The third-order valence-electron chi connectivity index (χ3n) is 2.47. The Morgan fingerprint density at radius 1 is 1.38 bits per heavy atom. The van der Waals surface area contributed by atoms with Crippen molar-refractivity contribution in [2.45, 2.75) is 24.3 Å². The summed E-state index contributed by atoms with van der Waals surface area (Å²) in [5.74, 6) is -4.89. The number of halogens is 2. The van der Waals surface area contributed by atoms with Gasteiger partial charge in [-0.1, -0.05) is 0 Å².